The van der Waals surface area contributed by atoms with E-state index in [1.54, 1.807) is 6.07 Å². The fourth-order valence-electron chi connectivity index (χ4n) is 2.79. The van der Waals surface area contributed by atoms with Crippen LogP contribution in [-0.2, 0) is 6.61 Å². The molecule has 1 atom stereocenters. The Labute approximate surface area is 130 Å². The fraction of sp³-hybridized carbons (Fsp3) is 0.333. The molecule has 0 saturated carbocycles. The maximum atomic E-state index is 13.2. The monoisotopic (exact) mass is 301 g/mol. The predicted octanol–water partition coefficient (Wildman–Crippen LogP) is 3.49. The summed E-state index contributed by atoms with van der Waals surface area (Å²) >= 11 is 0. The summed E-state index contributed by atoms with van der Waals surface area (Å²) in [6.45, 7) is 2.02. The Morgan fingerprint density at radius 1 is 1.27 bits per heavy atom. The van der Waals surface area contributed by atoms with Gasteiger partial charge in [-0.3, -0.25) is 0 Å². The van der Waals surface area contributed by atoms with Gasteiger partial charge in [0.05, 0.1) is 6.61 Å². The second kappa shape index (κ2) is 6.79. The van der Waals surface area contributed by atoms with Crippen LogP contribution in [0.5, 0.6) is 11.5 Å². The van der Waals surface area contributed by atoms with Crippen LogP contribution in [0.3, 0.4) is 0 Å². The standard InChI is InChI=1S/C18H20FNO2/c1-20-11-14-7-8-21-18-10-16(5-6-17(14)18)22-12-13-3-2-4-15(19)9-13/h2-6,9-10,14,20H,7-8,11-12H2,1H3. The van der Waals surface area contributed by atoms with Gasteiger partial charge in [-0.25, -0.2) is 4.39 Å². The number of rotatable bonds is 5. The number of ether oxygens (including phenoxy) is 2. The van der Waals surface area contributed by atoms with Gasteiger partial charge in [-0.1, -0.05) is 18.2 Å². The van der Waals surface area contributed by atoms with Crippen molar-refractivity contribution in [1.82, 2.24) is 5.32 Å². The summed E-state index contributed by atoms with van der Waals surface area (Å²) in [5.41, 5.74) is 2.03. The van der Waals surface area contributed by atoms with Crippen LogP contribution in [0.25, 0.3) is 0 Å². The number of fused-ring (bicyclic) bond motifs is 1. The van der Waals surface area contributed by atoms with Gasteiger partial charge in [0.15, 0.2) is 0 Å². The molecule has 0 aromatic heterocycles. The molecular weight excluding hydrogens is 281 g/mol. The summed E-state index contributed by atoms with van der Waals surface area (Å²) in [7, 11) is 1.96. The molecule has 0 spiro atoms. The molecule has 1 aliphatic rings. The van der Waals surface area contributed by atoms with Crippen LogP contribution in [0.1, 0.15) is 23.5 Å². The average Bonchev–Trinajstić information content (AvgIpc) is 2.53. The number of hydrogen-bond donors (Lipinski definition) is 1. The first-order valence-corrected chi connectivity index (χ1v) is 7.55. The molecule has 22 heavy (non-hydrogen) atoms. The third-order valence-electron chi connectivity index (χ3n) is 3.89. The lowest BCUT2D eigenvalue weighted by atomic mass is 9.93. The van der Waals surface area contributed by atoms with E-state index < -0.39 is 0 Å². The molecule has 4 heteroatoms. The molecule has 3 nitrogen and oxygen atoms in total. The van der Waals surface area contributed by atoms with Crippen LogP contribution in [0.2, 0.25) is 0 Å². The Bertz CT molecular complexity index is 645. The van der Waals surface area contributed by atoms with E-state index in [9.17, 15) is 4.39 Å². The summed E-state index contributed by atoms with van der Waals surface area (Å²) in [4.78, 5) is 0. The van der Waals surface area contributed by atoms with Gasteiger partial charge in [0.2, 0.25) is 0 Å². The van der Waals surface area contributed by atoms with E-state index in [0.717, 1.165) is 36.6 Å². The molecule has 2 aromatic rings. The highest BCUT2D eigenvalue weighted by Crippen LogP contribution is 2.36. The molecule has 0 aliphatic carbocycles. The lowest BCUT2D eigenvalue weighted by molar-refractivity contribution is 0.260. The SMILES string of the molecule is CNCC1CCOc2cc(OCc3cccc(F)c3)ccc21. The maximum Gasteiger partial charge on any atom is 0.126 e. The van der Waals surface area contributed by atoms with E-state index in [1.807, 2.05) is 25.2 Å². The van der Waals surface area contributed by atoms with Gasteiger partial charge < -0.3 is 14.8 Å². The van der Waals surface area contributed by atoms with Crippen LogP contribution < -0.4 is 14.8 Å². The van der Waals surface area contributed by atoms with Crippen molar-refractivity contribution in [2.75, 3.05) is 20.2 Å². The number of likely N-dealkylation sites (N-methyl/N-ethyl adjacent to an activating group) is 1. The minimum atomic E-state index is -0.246. The number of halogens is 1. The second-order valence-electron chi connectivity index (χ2n) is 5.51. The zero-order valence-electron chi connectivity index (χ0n) is 12.6. The summed E-state index contributed by atoms with van der Waals surface area (Å²) in [6, 6.07) is 12.4. The Morgan fingerprint density at radius 3 is 3.00 bits per heavy atom. The minimum absolute atomic E-state index is 0.246. The lowest BCUT2D eigenvalue weighted by Gasteiger charge is -2.26. The van der Waals surface area contributed by atoms with Gasteiger partial charge in [0.1, 0.15) is 23.9 Å². The number of hydrogen-bond acceptors (Lipinski definition) is 3. The molecule has 0 fully saturated rings. The Hall–Kier alpha value is -2.07. The molecule has 3 rings (SSSR count). The van der Waals surface area contributed by atoms with Crippen molar-refractivity contribution in [3.8, 4) is 11.5 Å². The van der Waals surface area contributed by atoms with Crippen molar-refractivity contribution in [3.05, 3.63) is 59.4 Å². The first-order valence-electron chi connectivity index (χ1n) is 7.55. The van der Waals surface area contributed by atoms with Crippen LogP contribution in [-0.4, -0.2) is 20.2 Å². The minimum Gasteiger partial charge on any atom is -0.493 e. The third kappa shape index (κ3) is 3.39. The molecule has 0 bridgehead atoms. The van der Waals surface area contributed by atoms with E-state index in [-0.39, 0.29) is 5.82 Å². The van der Waals surface area contributed by atoms with E-state index in [0.29, 0.717) is 12.5 Å². The Morgan fingerprint density at radius 2 is 2.18 bits per heavy atom. The zero-order valence-corrected chi connectivity index (χ0v) is 12.6. The molecule has 1 unspecified atom stereocenters. The van der Waals surface area contributed by atoms with Crippen molar-refractivity contribution < 1.29 is 13.9 Å². The highest BCUT2D eigenvalue weighted by atomic mass is 19.1. The topological polar surface area (TPSA) is 30.5 Å². The van der Waals surface area contributed by atoms with Gasteiger partial charge in [-0.05, 0) is 42.8 Å². The first-order chi connectivity index (χ1) is 10.8. The quantitative estimate of drug-likeness (QED) is 0.917. The maximum absolute atomic E-state index is 13.2. The van der Waals surface area contributed by atoms with Crippen molar-refractivity contribution in [2.45, 2.75) is 18.9 Å². The van der Waals surface area contributed by atoms with Crippen LogP contribution in [0.4, 0.5) is 4.39 Å². The summed E-state index contributed by atoms with van der Waals surface area (Å²) in [6.07, 6.45) is 1.03. The lowest BCUT2D eigenvalue weighted by Crippen LogP contribution is -2.23. The van der Waals surface area contributed by atoms with Crippen LogP contribution in [0.15, 0.2) is 42.5 Å². The smallest absolute Gasteiger partial charge is 0.126 e. The molecule has 0 radical (unpaired) electrons. The van der Waals surface area contributed by atoms with Crippen LogP contribution >= 0.6 is 0 Å². The molecule has 1 heterocycles. The third-order valence-corrected chi connectivity index (χ3v) is 3.89. The summed E-state index contributed by atoms with van der Waals surface area (Å²) in [5.74, 6) is 1.87. The molecule has 2 aromatic carbocycles. The Balaban J connectivity index is 1.71. The second-order valence-corrected chi connectivity index (χ2v) is 5.51. The van der Waals surface area contributed by atoms with Gasteiger partial charge in [-0.15, -0.1) is 0 Å². The first kappa shape index (κ1) is 14.9. The highest BCUT2D eigenvalue weighted by Gasteiger charge is 2.21. The highest BCUT2D eigenvalue weighted by molar-refractivity contribution is 5.44. The summed E-state index contributed by atoms with van der Waals surface area (Å²) < 4.78 is 24.6. The van der Waals surface area contributed by atoms with Crippen molar-refractivity contribution in [3.63, 3.8) is 0 Å². The molecule has 1 N–H and O–H groups in total. The zero-order chi connectivity index (χ0) is 15.4. The normalized spacial score (nSPS) is 16.7. The van der Waals surface area contributed by atoms with E-state index in [1.165, 1.54) is 17.7 Å². The fourth-order valence-corrected chi connectivity index (χ4v) is 2.79. The largest absolute Gasteiger partial charge is 0.493 e. The Kier molecular flexibility index (Phi) is 4.59. The van der Waals surface area contributed by atoms with Crippen molar-refractivity contribution in [1.29, 1.82) is 0 Å². The van der Waals surface area contributed by atoms with E-state index in [2.05, 4.69) is 11.4 Å². The van der Waals surface area contributed by atoms with Crippen molar-refractivity contribution >= 4 is 0 Å². The van der Waals surface area contributed by atoms with Gasteiger partial charge in [0, 0.05) is 18.5 Å². The number of benzene rings is 2. The van der Waals surface area contributed by atoms with Crippen LogP contribution in [0, 0.1) is 5.82 Å². The average molecular weight is 301 g/mol. The van der Waals surface area contributed by atoms with Gasteiger partial charge >= 0.3 is 0 Å². The number of nitrogens with one attached hydrogen (secondary N) is 1. The van der Waals surface area contributed by atoms with E-state index >= 15 is 0 Å². The van der Waals surface area contributed by atoms with Gasteiger partial charge in [0.25, 0.3) is 0 Å². The molecule has 0 saturated heterocycles. The van der Waals surface area contributed by atoms with E-state index in [4.69, 9.17) is 9.47 Å². The van der Waals surface area contributed by atoms with Crippen molar-refractivity contribution in [2.24, 2.45) is 0 Å². The summed E-state index contributed by atoms with van der Waals surface area (Å²) in [5, 5.41) is 3.22. The molecular formula is C18H20FNO2. The predicted molar refractivity (Wildman–Crippen MR) is 84.0 cm³/mol. The molecule has 0 amide bonds. The van der Waals surface area contributed by atoms with Gasteiger partial charge in [-0.2, -0.15) is 0 Å². The molecule has 116 valence electrons. The molecule has 1 aliphatic heterocycles.